The Hall–Kier alpha value is -3.10. The molecule has 4 aromatic carbocycles. The molecular formula is C26H25NO. The normalized spacial score (nSPS) is 13.3. The van der Waals surface area contributed by atoms with Gasteiger partial charge in [0.1, 0.15) is 5.75 Å². The van der Waals surface area contributed by atoms with Crippen molar-refractivity contribution in [1.29, 1.82) is 0 Å². The van der Waals surface area contributed by atoms with Gasteiger partial charge in [-0.15, -0.1) is 0 Å². The number of nitrogens with one attached hydrogen (secondary N) is 1. The van der Waals surface area contributed by atoms with Crippen LogP contribution in [0.2, 0.25) is 0 Å². The molecule has 0 fully saturated rings. The van der Waals surface area contributed by atoms with Crippen LogP contribution in [0.1, 0.15) is 35.7 Å². The predicted molar refractivity (Wildman–Crippen MR) is 116 cm³/mol. The molecule has 0 amide bonds. The van der Waals surface area contributed by atoms with Crippen LogP contribution >= 0.6 is 0 Å². The Morgan fingerprint density at radius 2 is 1.36 bits per heavy atom. The quantitative estimate of drug-likeness (QED) is 0.426. The third-order valence-corrected chi connectivity index (χ3v) is 5.34. The summed E-state index contributed by atoms with van der Waals surface area (Å²) in [7, 11) is 0. The molecule has 0 unspecified atom stereocenters. The van der Waals surface area contributed by atoms with Crippen LogP contribution < -0.4 is 5.32 Å². The van der Waals surface area contributed by atoms with Gasteiger partial charge in [0.2, 0.25) is 0 Å². The third kappa shape index (κ3) is 3.92. The first kappa shape index (κ1) is 18.3. The van der Waals surface area contributed by atoms with E-state index in [9.17, 15) is 5.11 Å². The lowest BCUT2D eigenvalue weighted by Crippen LogP contribution is -2.26. The average molecular weight is 367 g/mol. The molecule has 0 aliphatic carbocycles. The maximum absolute atomic E-state index is 10.5. The first-order chi connectivity index (χ1) is 13.7. The van der Waals surface area contributed by atoms with Gasteiger partial charge in [-0.25, -0.2) is 0 Å². The number of phenols is 1. The van der Waals surface area contributed by atoms with Crippen molar-refractivity contribution in [3.8, 4) is 5.75 Å². The van der Waals surface area contributed by atoms with Crippen LogP contribution in [-0.2, 0) is 6.42 Å². The zero-order valence-corrected chi connectivity index (χ0v) is 16.0. The topological polar surface area (TPSA) is 32.3 Å². The van der Waals surface area contributed by atoms with Crippen molar-refractivity contribution in [1.82, 2.24) is 5.32 Å². The summed E-state index contributed by atoms with van der Waals surface area (Å²) < 4.78 is 0. The smallest absolute Gasteiger partial charge is 0.120 e. The summed E-state index contributed by atoms with van der Waals surface area (Å²) in [6, 6.07) is 33.1. The van der Waals surface area contributed by atoms with Crippen molar-refractivity contribution in [2.24, 2.45) is 0 Å². The average Bonchev–Trinajstić information content (AvgIpc) is 2.74. The zero-order chi connectivity index (χ0) is 19.3. The van der Waals surface area contributed by atoms with E-state index in [1.165, 1.54) is 21.9 Å². The summed E-state index contributed by atoms with van der Waals surface area (Å²) in [6.07, 6.45) is 0.813. The lowest BCUT2D eigenvalue weighted by atomic mass is 9.94. The van der Waals surface area contributed by atoms with Crippen LogP contribution in [-0.4, -0.2) is 5.11 Å². The van der Waals surface area contributed by atoms with Crippen LogP contribution in [0.15, 0.2) is 97.1 Å². The fraction of sp³-hybridized carbons (Fsp3) is 0.154. The third-order valence-electron chi connectivity index (χ3n) is 5.34. The highest BCUT2D eigenvalue weighted by Crippen LogP contribution is 2.31. The van der Waals surface area contributed by atoms with E-state index in [4.69, 9.17) is 0 Å². The van der Waals surface area contributed by atoms with Crippen LogP contribution in [0.5, 0.6) is 5.75 Å². The first-order valence-electron chi connectivity index (χ1n) is 9.78. The Kier molecular flexibility index (Phi) is 5.41. The highest BCUT2D eigenvalue weighted by atomic mass is 16.3. The summed E-state index contributed by atoms with van der Waals surface area (Å²) in [5.74, 6) is 0.334. The number of fused-ring (bicyclic) bond motifs is 1. The van der Waals surface area contributed by atoms with Gasteiger partial charge in [-0.2, -0.15) is 0 Å². The van der Waals surface area contributed by atoms with E-state index in [0.717, 1.165) is 12.0 Å². The van der Waals surface area contributed by atoms with Gasteiger partial charge in [0, 0.05) is 17.6 Å². The van der Waals surface area contributed by atoms with Gasteiger partial charge >= 0.3 is 0 Å². The largest absolute Gasteiger partial charge is 0.508 e. The Morgan fingerprint density at radius 3 is 2.18 bits per heavy atom. The summed E-state index contributed by atoms with van der Waals surface area (Å²) in [4.78, 5) is 0. The minimum atomic E-state index is 0.0116. The fourth-order valence-corrected chi connectivity index (χ4v) is 3.91. The van der Waals surface area contributed by atoms with Crippen molar-refractivity contribution in [3.63, 3.8) is 0 Å². The van der Waals surface area contributed by atoms with Crippen LogP contribution in [0.25, 0.3) is 10.8 Å². The molecule has 2 heteroatoms. The van der Waals surface area contributed by atoms with Crippen molar-refractivity contribution in [2.75, 3.05) is 0 Å². The number of aromatic hydroxyl groups is 1. The van der Waals surface area contributed by atoms with Gasteiger partial charge in [0.25, 0.3) is 0 Å². The van der Waals surface area contributed by atoms with E-state index in [1.54, 1.807) is 6.07 Å². The second-order valence-corrected chi connectivity index (χ2v) is 7.26. The molecule has 0 radical (unpaired) electrons. The second kappa shape index (κ2) is 8.28. The van der Waals surface area contributed by atoms with E-state index in [1.807, 2.05) is 24.3 Å². The molecule has 0 aliphatic rings. The zero-order valence-electron chi connectivity index (χ0n) is 16.0. The highest BCUT2D eigenvalue weighted by molar-refractivity contribution is 5.86. The summed E-state index contributed by atoms with van der Waals surface area (Å²) in [5.41, 5.74) is 3.44. The standard InChI is InChI=1S/C26H25NO/c1-19(22-16-9-13-21-12-5-6-14-23(21)22)27-25(18-20-10-3-2-4-11-20)24-15-7-8-17-26(24)28/h2-17,19,25,27-28H,18H2,1H3/t19-,25+/m1/s1. The lowest BCUT2D eigenvalue weighted by Gasteiger charge is -2.26. The van der Waals surface area contributed by atoms with E-state index < -0.39 is 0 Å². The number of benzene rings is 4. The Bertz CT molecular complexity index is 1050. The summed E-state index contributed by atoms with van der Waals surface area (Å²) in [6.45, 7) is 2.19. The molecule has 140 valence electrons. The van der Waals surface area contributed by atoms with Crippen molar-refractivity contribution < 1.29 is 5.11 Å². The van der Waals surface area contributed by atoms with Crippen molar-refractivity contribution >= 4 is 10.8 Å². The molecule has 0 aliphatic heterocycles. The molecule has 4 rings (SSSR count). The highest BCUT2D eigenvalue weighted by Gasteiger charge is 2.19. The van der Waals surface area contributed by atoms with E-state index in [-0.39, 0.29) is 12.1 Å². The van der Waals surface area contributed by atoms with Gasteiger partial charge in [-0.1, -0.05) is 91.0 Å². The van der Waals surface area contributed by atoms with Crippen LogP contribution in [0, 0.1) is 0 Å². The van der Waals surface area contributed by atoms with Gasteiger partial charge in [0.15, 0.2) is 0 Å². The molecule has 0 bridgehead atoms. The summed E-state index contributed by atoms with van der Waals surface area (Å²) >= 11 is 0. The number of para-hydroxylation sites is 1. The molecule has 0 heterocycles. The Morgan fingerprint density at radius 1 is 0.714 bits per heavy atom. The number of phenolic OH excluding ortho intramolecular Hbond substituents is 1. The van der Waals surface area contributed by atoms with Crippen molar-refractivity contribution in [2.45, 2.75) is 25.4 Å². The molecule has 4 aromatic rings. The number of rotatable bonds is 6. The Balaban J connectivity index is 1.67. The van der Waals surface area contributed by atoms with E-state index in [0.29, 0.717) is 5.75 Å². The minimum absolute atomic E-state index is 0.0116. The van der Waals surface area contributed by atoms with E-state index >= 15 is 0 Å². The van der Waals surface area contributed by atoms with Crippen molar-refractivity contribution in [3.05, 3.63) is 114 Å². The molecule has 2 atom stereocenters. The predicted octanol–water partition coefficient (Wildman–Crippen LogP) is 6.18. The fourth-order valence-electron chi connectivity index (χ4n) is 3.91. The molecule has 28 heavy (non-hydrogen) atoms. The molecule has 0 saturated heterocycles. The van der Waals surface area contributed by atoms with Crippen LogP contribution in [0.4, 0.5) is 0 Å². The molecule has 2 nitrogen and oxygen atoms in total. The number of hydrogen-bond acceptors (Lipinski definition) is 2. The van der Waals surface area contributed by atoms with E-state index in [2.05, 4.69) is 79.0 Å². The maximum atomic E-state index is 10.5. The molecule has 0 saturated carbocycles. The minimum Gasteiger partial charge on any atom is -0.508 e. The molecule has 2 N–H and O–H groups in total. The van der Waals surface area contributed by atoms with Gasteiger partial charge in [0.05, 0.1) is 0 Å². The SMILES string of the molecule is C[C@@H](N[C@@H](Cc1ccccc1)c1ccccc1O)c1cccc2ccccc12. The second-order valence-electron chi connectivity index (χ2n) is 7.26. The van der Waals surface area contributed by atoms with Gasteiger partial charge < -0.3 is 10.4 Å². The van der Waals surface area contributed by atoms with Gasteiger partial charge in [-0.05, 0) is 41.3 Å². The first-order valence-corrected chi connectivity index (χ1v) is 9.78. The van der Waals surface area contributed by atoms with Gasteiger partial charge in [-0.3, -0.25) is 0 Å². The molecule has 0 aromatic heterocycles. The molecular weight excluding hydrogens is 342 g/mol. The summed E-state index contributed by atoms with van der Waals surface area (Å²) in [5, 5.41) is 16.8. The number of hydrogen-bond donors (Lipinski definition) is 2. The maximum Gasteiger partial charge on any atom is 0.120 e. The molecule has 0 spiro atoms. The Labute approximate surface area is 166 Å². The lowest BCUT2D eigenvalue weighted by molar-refractivity contribution is 0.424. The monoisotopic (exact) mass is 367 g/mol. The van der Waals surface area contributed by atoms with Crippen LogP contribution in [0.3, 0.4) is 0 Å².